The topological polar surface area (TPSA) is 54.0 Å². The minimum absolute atomic E-state index is 0.0436. The first-order valence-corrected chi connectivity index (χ1v) is 7.27. The summed E-state index contributed by atoms with van der Waals surface area (Å²) in [4.78, 5) is 12.7. The van der Waals surface area contributed by atoms with Crippen LogP contribution in [0, 0.1) is 0 Å². The molecule has 0 saturated heterocycles. The number of hydrogen-bond acceptors (Lipinski definition) is 5. The van der Waals surface area contributed by atoms with Gasteiger partial charge in [-0.1, -0.05) is 30.3 Å². The Morgan fingerprint density at radius 2 is 1.70 bits per heavy atom. The van der Waals surface area contributed by atoms with Gasteiger partial charge < -0.3 is 18.9 Å². The second-order valence-electron chi connectivity index (χ2n) is 5.16. The van der Waals surface area contributed by atoms with Crippen LogP contribution in [0.25, 0.3) is 0 Å². The number of fused-ring (bicyclic) bond motifs is 1. The zero-order chi connectivity index (χ0) is 16.4. The highest BCUT2D eigenvalue weighted by atomic mass is 16.5. The highest BCUT2D eigenvalue weighted by molar-refractivity contribution is 6.04. The van der Waals surface area contributed by atoms with Crippen LogP contribution in [0.2, 0.25) is 0 Å². The number of benzene rings is 2. The minimum atomic E-state index is -0.320. The lowest BCUT2D eigenvalue weighted by Crippen LogP contribution is -2.21. The number of carbonyl (C=O) groups excluding carboxylic acids is 1. The molecule has 0 N–H and O–H groups in total. The first-order chi connectivity index (χ1) is 11.2. The lowest BCUT2D eigenvalue weighted by molar-refractivity contribution is 0.0842. The molecule has 1 heterocycles. The third-order valence-corrected chi connectivity index (χ3v) is 3.88. The zero-order valence-corrected chi connectivity index (χ0v) is 13.3. The van der Waals surface area contributed by atoms with Crippen LogP contribution in [0.1, 0.15) is 28.4 Å². The maximum Gasteiger partial charge on any atom is 0.204 e. The highest BCUT2D eigenvalue weighted by Crippen LogP contribution is 2.49. The predicted molar refractivity (Wildman–Crippen MR) is 84.9 cm³/mol. The van der Waals surface area contributed by atoms with Crippen molar-refractivity contribution in [2.45, 2.75) is 12.5 Å². The van der Waals surface area contributed by atoms with Crippen molar-refractivity contribution < 1.29 is 23.7 Å². The molecule has 0 saturated carbocycles. The van der Waals surface area contributed by atoms with E-state index in [1.165, 1.54) is 21.3 Å². The molecule has 0 spiro atoms. The van der Waals surface area contributed by atoms with Crippen LogP contribution >= 0.6 is 0 Å². The summed E-state index contributed by atoms with van der Waals surface area (Å²) in [5, 5.41) is 0. The smallest absolute Gasteiger partial charge is 0.204 e. The van der Waals surface area contributed by atoms with E-state index in [2.05, 4.69) is 0 Å². The van der Waals surface area contributed by atoms with Crippen molar-refractivity contribution in [2.75, 3.05) is 21.3 Å². The molecule has 0 aliphatic carbocycles. The van der Waals surface area contributed by atoms with Crippen molar-refractivity contribution in [3.63, 3.8) is 0 Å². The van der Waals surface area contributed by atoms with Crippen LogP contribution < -0.4 is 18.9 Å². The molecule has 2 aromatic carbocycles. The fourth-order valence-electron chi connectivity index (χ4n) is 2.81. The lowest BCUT2D eigenvalue weighted by atomic mass is 9.95. The highest BCUT2D eigenvalue weighted by Gasteiger charge is 2.34. The average Bonchev–Trinajstić information content (AvgIpc) is 2.60. The average molecular weight is 314 g/mol. The molecular weight excluding hydrogens is 296 g/mol. The summed E-state index contributed by atoms with van der Waals surface area (Å²) in [5.41, 5.74) is 1.36. The van der Waals surface area contributed by atoms with Crippen molar-refractivity contribution in [1.29, 1.82) is 0 Å². The maximum atomic E-state index is 12.7. The molecule has 0 fully saturated rings. The van der Waals surface area contributed by atoms with E-state index < -0.39 is 0 Å². The molecule has 3 rings (SSSR count). The van der Waals surface area contributed by atoms with Gasteiger partial charge in [-0.3, -0.25) is 4.79 Å². The summed E-state index contributed by atoms with van der Waals surface area (Å²) >= 11 is 0. The van der Waals surface area contributed by atoms with Crippen molar-refractivity contribution in [3.8, 4) is 23.0 Å². The Morgan fingerprint density at radius 1 is 1.00 bits per heavy atom. The van der Waals surface area contributed by atoms with E-state index in [4.69, 9.17) is 18.9 Å². The summed E-state index contributed by atoms with van der Waals surface area (Å²) in [6.07, 6.45) is -0.0675. The predicted octanol–water partition coefficient (Wildman–Crippen LogP) is 3.42. The number of Topliss-reactive ketones (excluding diaryl/α,β-unsaturated/α-hetero) is 1. The third-order valence-electron chi connectivity index (χ3n) is 3.88. The zero-order valence-electron chi connectivity index (χ0n) is 13.3. The molecule has 2 aromatic rings. The van der Waals surface area contributed by atoms with Crippen molar-refractivity contribution >= 4 is 5.78 Å². The molecule has 120 valence electrons. The number of rotatable bonds is 4. The SMILES string of the molecule is COc1cc2c(c(OC)c1OC)C(=O)C[C@@H](c1ccccc1)O2. The molecule has 0 unspecified atom stereocenters. The normalized spacial score (nSPS) is 16.3. The van der Waals surface area contributed by atoms with Gasteiger partial charge >= 0.3 is 0 Å². The van der Waals surface area contributed by atoms with Crippen LogP contribution in [-0.4, -0.2) is 27.1 Å². The van der Waals surface area contributed by atoms with Gasteiger partial charge in [0.25, 0.3) is 0 Å². The Bertz CT molecular complexity index is 724. The standard InChI is InChI=1S/C18H18O5/c1-20-15-10-14-16(18(22-3)17(15)21-2)12(19)9-13(23-14)11-7-5-4-6-8-11/h4-8,10,13H,9H2,1-3H3/t13-/m0/s1. The van der Waals surface area contributed by atoms with Crippen LogP contribution in [0.3, 0.4) is 0 Å². The fourth-order valence-corrected chi connectivity index (χ4v) is 2.81. The van der Waals surface area contributed by atoms with Gasteiger partial charge in [0.2, 0.25) is 5.75 Å². The molecule has 0 amide bonds. The number of hydrogen-bond donors (Lipinski definition) is 0. The van der Waals surface area contributed by atoms with E-state index in [0.29, 0.717) is 28.6 Å². The van der Waals surface area contributed by atoms with E-state index in [1.807, 2.05) is 30.3 Å². The number of methoxy groups -OCH3 is 3. The molecular formula is C18H18O5. The Morgan fingerprint density at radius 3 is 2.30 bits per heavy atom. The number of ether oxygens (including phenoxy) is 4. The van der Waals surface area contributed by atoms with Crippen LogP contribution in [0.4, 0.5) is 0 Å². The van der Waals surface area contributed by atoms with Crippen LogP contribution in [0.5, 0.6) is 23.0 Å². The summed E-state index contributed by atoms with van der Waals surface area (Å²) in [7, 11) is 4.53. The minimum Gasteiger partial charge on any atom is -0.493 e. The number of carbonyl (C=O) groups is 1. The van der Waals surface area contributed by atoms with Gasteiger partial charge in [0.15, 0.2) is 17.3 Å². The molecule has 0 bridgehead atoms. The largest absolute Gasteiger partial charge is 0.493 e. The second kappa shape index (κ2) is 6.20. The Kier molecular flexibility index (Phi) is 4.10. The van der Waals surface area contributed by atoms with Crippen molar-refractivity contribution in [3.05, 3.63) is 47.5 Å². The van der Waals surface area contributed by atoms with Gasteiger partial charge in [0.1, 0.15) is 17.4 Å². The summed E-state index contributed by atoms with van der Waals surface area (Å²) in [5.74, 6) is 1.61. The monoisotopic (exact) mass is 314 g/mol. The lowest BCUT2D eigenvalue weighted by Gasteiger charge is -2.28. The van der Waals surface area contributed by atoms with Gasteiger partial charge in [-0.2, -0.15) is 0 Å². The van der Waals surface area contributed by atoms with Crippen molar-refractivity contribution in [2.24, 2.45) is 0 Å². The summed E-state index contributed by atoms with van der Waals surface area (Å²) < 4.78 is 22.1. The van der Waals surface area contributed by atoms with Gasteiger partial charge in [0, 0.05) is 6.07 Å². The first-order valence-electron chi connectivity index (χ1n) is 7.27. The third kappa shape index (κ3) is 2.59. The molecule has 5 nitrogen and oxygen atoms in total. The maximum absolute atomic E-state index is 12.7. The van der Waals surface area contributed by atoms with Gasteiger partial charge in [0.05, 0.1) is 27.8 Å². The molecule has 23 heavy (non-hydrogen) atoms. The summed E-state index contributed by atoms with van der Waals surface area (Å²) in [6.45, 7) is 0. The van der Waals surface area contributed by atoms with Crippen LogP contribution in [0.15, 0.2) is 36.4 Å². The fraction of sp³-hybridized carbons (Fsp3) is 0.278. The van der Waals surface area contributed by atoms with Crippen LogP contribution in [-0.2, 0) is 0 Å². The van der Waals surface area contributed by atoms with E-state index in [0.717, 1.165) is 5.56 Å². The van der Waals surface area contributed by atoms with Gasteiger partial charge in [-0.25, -0.2) is 0 Å². The van der Waals surface area contributed by atoms with E-state index in [1.54, 1.807) is 6.07 Å². The summed E-state index contributed by atoms with van der Waals surface area (Å²) in [6, 6.07) is 11.3. The molecule has 1 aliphatic rings. The molecule has 1 aliphatic heterocycles. The van der Waals surface area contributed by atoms with E-state index in [-0.39, 0.29) is 18.3 Å². The Labute approximate surface area is 134 Å². The molecule has 5 heteroatoms. The van der Waals surface area contributed by atoms with E-state index >= 15 is 0 Å². The van der Waals surface area contributed by atoms with Gasteiger partial charge in [-0.15, -0.1) is 0 Å². The van der Waals surface area contributed by atoms with Crippen molar-refractivity contribution in [1.82, 2.24) is 0 Å². The number of ketones is 1. The van der Waals surface area contributed by atoms with E-state index in [9.17, 15) is 4.79 Å². The Hall–Kier alpha value is -2.69. The second-order valence-corrected chi connectivity index (χ2v) is 5.16. The molecule has 0 radical (unpaired) electrons. The van der Waals surface area contributed by atoms with Gasteiger partial charge in [-0.05, 0) is 5.56 Å². The quantitative estimate of drug-likeness (QED) is 0.865. The Balaban J connectivity index is 2.10. The molecule has 0 aromatic heterocycles. The first kappa shape index (κ1) is 15.2. The molecule has 1 atom stereocenters.